The number of piperidine rings is 1. The van der Waals surface area contributed by atoms with Crippen LogP contribution in [0.3, 0.4) is 0 Å². The van der Waals surface area contributed by atoms with Gasteiger partial charge in [0, 0.05) is 23.7 Å². The molecule has 0 saturated carbocycles. The molecule has 2 aliphatic rings. The maximum Gasteiger partial charge on any atom is 0.139 e. The lowest BCUT2D eigenvalue weighted by Crippen LogP contribution is -2.47. The second-order valence-corrected chi connectivity index (χ2v) is 6.44. The number of nitrogens with one attached hydrogen (secondary N) is 1. The molecule has 5 rings (SSSR count). The molecule has 1 N–H and O–H groups in total. The minimum absolute atomic E-state index is 0.601. The quantitative estimate of drug-likeness (QED) is 0.701. The van der Waals surface area contributed by atoms with Crippen LogP contribution >= 0.6 is 0 Å². The number of aromatic amines is 1. The Morgan fingerprint density at radius 2 is 2.05 bits per heavy atom. The van der Waals surface area contributed by atoms with Crippen LogP contribution in [0, 0.1) is 0 Å². The van der Waals surface area contributed by atoms with Gasteiger partial charge < -0.3 is 9.99 Å². The van der Waals surface area contributed by atoms with Crippen LogP contribution in [0.25, 0.3) is 22.1 Å². The molecule has 2 aliphatic heterocycles. The third-order valence-corrected chi connectivity index (χ3v) is 5.31. The van der Waals surface area contributed by atoms with Crippen LogP contribution in [-0.4, -0.2) is 31.7 Å². The van der Waals surface area contributed by atoms with Crippen molar-refractivity contribution in [3.63, 3.8) is 0 Å². The van der Waals surface area contributed by atoms with Gasteiger partial charge in [-0.1, -0.05) is 11.6 Å². The molecule has 5 nitrogen and oxygen atoms in total. The fourth-order valence-electron chi connectivity index (χ4n) is 4.28. The van der Waals surface area contributed by atoms with Crippen LogP contribution < -0.4 is 5.01 Å². The van der Waals surface area contributed by atoms with Crippen molar-refractivity contribution in [2.45, 2.75) is 44.7 Å². The standard InChI is InChI=1S/C17H19N5/c1-2-11-7-12-3-4-13(8-11)22(12)21-10-20-15-9-19-17-14(16(15)21)5-6-18-17/h2,5-6,9-10,12-13H,3-4,7-8H2,1H3,(H,18,19). The molecule has 5 heterocycles. The summed E-state index contributed by atoms with van der Waals surface area (Å²) in [4.78, 5) is 12.2. The molecule has 2 bridgehead atoms. The summed E-state index contributed by atoms with van der Waals surface area (Å²) in [6.45, 7) is 2.17. The lowest BCUT2D eigenvalue weighted by atomic mass is 9.98. The van der Waals surface area contributed by atoms with Gasteiger partial charge in [0.25, 0.3) is 0 Å². The number of hydrogen-bond acceptors (Lipinski definition) is 3. The van der Waals surface area contributed by atoms with Gasteiger partial charge in [-0.15, -0.1) is 0 Å². The Kier molecular flexibility index (Phi) is 2.42. The van der Waals surface area contributed by atoms with Gasteiger partial charge in [0.05, 0.1) is 6.20 Å². The van der Waals surface area contributed by atoms with E-state index in [4.69, 9.17) is 0 Å². The predicted octanol–water partition coefficient (Wildman–Crippen LogP) is 3.12. The van der Waals surface area contributed by atoms with Gasteiger partial charge in [0.1, 0.15) is 23.0 Å². The van der Waals surface area contributed by atoms with E-state index in [0.29, 0.717) is 12.1 Å². The van der Waals surface area contributed by atoms with E-state index in [2.05, 4.69) is 43.7 Å². The van der Waals surface area contributed by atoms with Crippen LogP contribution in [0.2, 0.25) is 0 Å². The zero-order valence-corrected chi connectivity index (χ0v) is 12.7. The Hall–Kier alpha value is -2.30. The van der Waals surface area contributed by atoms with Crippen LogP contribution in [-0.2, 0) is 0 Å². The fraction of sp³-hybridized carbons (Fsp3) is 0.412. The Balaban J connectivity index is 1.70. The highest BCUT2D eigenvalue weighted by Gasteiger charge is 2.39. The SMILES string of the molecule is CC=C1CC2CCC(C1)N2n1cnc2cnc3[nH]ccc3c21. The number of aromatic nitrogens is 4. The zero-order valence-electron chi connectivity index (χ0n) is 12.7. The maximum atomic E-state index is 4.59. The highest BCUT2D eigenvalue weighted by Crippen LogP contribution is 2.38. The minimum atomic E-state index is 0.601. The number of fused-ring (bicyclic) bond motifs is 5. The number of nitrogens with zero attached hydrogens (tertiary/aromatic N) is 4. The molecule has 2 unspecified atom stereocenters. The Bertz CT molecular complexity index is 871. The first-order valence-corrected chi connectivity index (χ1v) is 8.07. The summed E-state index contributed by atoms with van der Waals surface area (Å²) in [5, 5.41) is 3.72. The van der Waals surface area contributed by atoms with E-state index in [1.807, 2.05) is 18.7 Å². The number of imidazole rings is 1. The molecule has 0 aliphatic carbocycles. The summed E-state index contributed by atoms with van der Waals surface area (Å²) in [6.07, 6.45) is 13.0. The summed E-state index contributed by atoms with van der Waals surface area (Å²) in [5.74, 6) is 0. The topological polar surface area (TPSA) is 49.7 Å². The number of pyridine rings is 1. The molecule has 22 heavy (non-hydrogen) atoms. The molecule has 2 fully saturated rings. The van der Waals surface area contributed by atoms with Crippen LogP contribution in [0.1, 0.15) is 32.6 Å². The summed E-state index contributed by atoms with van der Waals surface area (Å²) in [5.41, 5.74) is 4.71. The Labute approximate surface area is 128 Å². The van der Waals surface area contributed by atoms with Crippen molar-refractivity contribution in [3.8, 4) is 0 Å². The van der Waals surface area contributed by atoms with Gasteiger partial charge in [-0.05, 0) is 38.7 Å². The highest BCUT2D eigenvalue weighted by atomic mass is 15.6. The van der Waals surface area contributed by atoms with Gasteiger partial charge in [-0.25, -0.2) is 14.6 Å². The summed E-state index contributed by atoms with van der Waals surface area (Å²) < 4.78 is 2.29. The maximum absolute atomic E-state index is 4.59. The molecular weight excluding hydrogens is 274 g/mol. The first-order valence-electron chi connectivity index (χ1n) is 8.07. The molecule has 0 radical (unpaired) electrons. The normalized spacial score (nSPS) is 24.6. The molecule has 3 aromatic rings. The van der Waals surface area contributed by atoms with Crippen molar-refractivity contribution in [3.05, 3.63) is 36.4 Å². The molecule has 5 heteroatoms. The lowest BCUT2D eigenvalue weighted by molar-refractivity contribution is 0.441. The molecule has 0 amide bonds. The molecule has 2 saturated heterocycles. The van der Waals surface area contributed by atoms with Crippen LogP contribution in [0.5, 0.6) is 0 Å². The molecule has 0 spiro atoms. The van der Waals surface area contributed by atoms with Gasteiger partial charge >= 0.3 is 0 Å². The van der Waals surface area contributed by atoms with Crippen molar-refractivity contribution in [2.75, 3.05) is 5.01 Å². The van der Waals surface area contributed by atoms with Crippen LogP contribution in [0.15, 0.2) is 36.4 Å². The zero-order chi connectivity index (χ0) is 14.7. The predicted molar refractivity (Wildman–Crippen MR) is 87.4 cm³/mol. The van der Waals surface area contributed by atoms with E-state index in [9.17, 15) is 0 Å². The fourth-order valence-corrected chi connectivity index (χ4v) is 4.28. The second kappa shape index (κ2) is 4.35. The average Bonchev–Trinajstić information content (AvgIpc) is 3.21. The van der Waals surface area contributed by atoms with Gasteiger partial charge in [0.2, 0.25) is 0 Å². The second-order valence-electron chi connectivity index (χ2n) is 6.44. The van der Waals surface area contributed by atoms with Crippen molar-refractivity contribution in [2.24, 2.45) is 0 Å². The van der Waals surface area contributed by atoms with Crippen LogP contribution in [0.4, 0.5) is 0 Å². The first-order chi connectivity index (χ1) is 10.8. The summed E-state index contributed by atoms with van der Waals surface area (Å²) in [7, 11) is 0. The average molecular weight is 293 g/mol. The molecular formula is C17H19N5. The molecule has 112 valence electrons. The number of allylic oxidation sites excluding steroid dienone is 1. The Morgan fingerprint density at radius 1 is 1.23 bits per heavy atom. The summed E-state index contributed by atoms with van der Waals surface area (Å²) >= 11 is 0. The van der Waals surface area contributed by atoms with Crippen molar-refractivity contribution < 1.29 is 0 Å². The van der Waals surface area contributed by atoms with Gasteiger partial charge in [-0.3, -0.25) is 0 Å². The van der Waals surface area contributed by atoms with E-state index in [1.54, 1.807) is 5.57 Å². The minimum Gasteiger partial charge on any atom is -0.346 e. The summed E-state index contributed by atoms with van der Waals surface area (Å²) in [6, 6.07) is 3.31. The third-order valence-electron chi connectivity index (χ3n) is 5.31. The molecule has 2 atom stereocenters. The van der Waals surface area contributed by atoms with Crippen molar-refractivity contribution in [1.82, 2.24) is 19.6 Å². The number of rotatable bonds is 1. The smallest absolute Gasteiger partial charge is 0.139 e. The first kappa shape index (κ1) is 12.3. The van der Waals surface area contributed by atoms with Gasteiger partial charge in [0.15, 0.2) is 0 Å². The largest absolute Gasteiger partial charge is 0.346 e. The number of hydrogen-bond donors (Lipinski definition) is 1. The Morgan fingerprint density at radius 3 is 2.82 bits per heavy atom. The highest BCUT2D eigenvalue weighted by molar-refractivity contribution is 6.01. The van der Waals surface area contributed by atoms with Crippen molar-refractivity contribution in [1.29, 1.82) is 0 Å². The monoisotopic (exact) mass is 293 g/mol. The van der Waals surface area contributed by atoms with E-state index >= 15 is 0 Å². The van der Waals surface area contributed by atoms with E-state index < -0.39 is 0 Å². The van der Waals surface area contributed by atoms with E-state index in [-0.39, 0.29) is 0 Å². The van der Waals surface area contributed by atoms with E-state index in [0.717, 1.165) is 16.6 Å². The van der Waals surface area contributed by atoms with Gasteiger partial charge in [-0.2, -0.15) is 0 Å². The van der Waals surface area contributed by atoms with E-state index in [1.165, 1.54) is 31.2 Å². The lowest BCUT2D eigenvalue weighted by Gasteiger charge is -2.38. The molecule has 3 aromatic heterocycles. The number of H-pyrrole nitrogens is 1. The van der Waals surface area contributed by atoms with Crippen molar-refractivity contribution >= 4 is 22.1 Å². The third kappa shape index (κ3) is 1.54. The molecule has 0 aromatic carbocycles.